The summed E-state index contributed by atoms with van der Waals surface area (Å²) in [4.78, 5) is 26.7. The number of amides is 1. The molecule has 0 saturated carbocycles. The van der Waals surface area contributed by atoms with Gasteiger partial charge < -0.3 is 15.0 Å². The second-order valence-electron chi connectivity index (χ2n) is 5.28. The molecule has 1 saturated heterocycles. The number of carbonyl (C=O) groups is 1. The fraction of sp³-hybridized carbons (Fsp3) is 0.467. The van der Waals surface area contributed by atoms with Crippen molar-refractivity contribution >= 4 is 16.9 Å². The number of para-hydroxylation sites is 2. The monoisotopic (exact) mass is 289 g/mol. The molecule has 2 heterocycles. The van der Waals surface area contributed by atoms with E-state index in [0.29, 0.717) is 26.3 Å². The van der Waals surface area contributed by atoms with Gasteiger partial charge in [0.05, 0.1) is 11.0 Å². The smallest absolute Gasteiger partial charge is 0.326 e. The predicted octanol–water partition coefficient (Wildman–Crippen LogP) is 0.872. The standard InChI is InChI=1S/C15H19N3O3/c19-14(11-5-9-21-10-6-11)16-7-8-18-13-4-2-1-3-12(13)17-15(18)20/h1-4,11H,5-10H2,(H,16,19)(H,17,20). The van der Waals surface area contributed by atoms with Gasteiger partial charge in [-0.25, -0.2) is 4.79 Å². The molecule has 3 rings (SSSR count). The van der Waals surface area contributed by atoms with Crippen molar-refractivity contribution in [3.05, 3.63) is 34.7 Å². The number of H-pyrrole nitrogens is 1. The lowest BCUT2D eigenvalue weighted by Gasteiger charge is -2.21. The van der Waals surface area contributed by atoms with Crippen LogP contribution in [-0.4, -0.2) is 35.2 Å². The Morgan fingerprint density at radius 1 is 1.33 bits per heavy atom. The summed E-state index contributed by atoms with van der Waals surface area (Å²) in [6.07, 6.45) is 1.55. The molecule has 1 aromatic heterocycles. The molecule has 2 N–H and O–H groups in total. The van der Waals surface area contributed by atoms with E-state index in [1.165, 1.54) is 0 Å². The molecule has 0 radical (unpaired) electrons. The number of imidazole rings is 1. The van der Waals surface area contributed by atoms with E-state index in [9.17, 15) is 9.59 Å². The number of nitrogens with one attached hydrogen (secondary N) is 2. The van der Waals surface area contributed by atoms with Crippen LogP contribution in [0.3, 0.4) is 0 Å². The van der Waals surface area contributed by atoms with Crippen LogP contribution in [0.1, 0.15) is 12.8 Å². The SMILES string of the molecule is O=C(NCCn1c(=O)[nH]c2ccccc21)C1CCOCC1. The number of hydrogen-bond donors (Lipinski definition) is 2. The summed E-state index contributed by atoms with van der Waals surface area (Å²) >= 11 is 0. The molecule has 0 aliphatic carbocycles. The van der Waals surface area contributed by atoms with Crippen molar-refractivity contribution in [1.82, 2.24) is 14.9 Å². The van der Waals surface area contributed by atoms with E-state index in [0.717, 1.165) is 23.9 Å². The third-order valence-corrected chi connectivity index (χ3v) is 3.91. The zero-order valence-corrected chi connectivity index (χ0v) is 11.8. The van der Waals surface area contributed by atoms with Crippen LogP contribution in [0.5, 0.6) is 0 Å². The highest BCUT2D eigenvalue weighted by Gasteiger charge is 2.21. The lowest BCUT2D eigenvalue weighted by molar-refractivity contribution is -0.127. The van der Waals surface area contributed by atoms with Crippen LogP contribution in [-0.2, 0) is 16.1 Å². The fourth-order valence-electron chi connectivity index (χ4n) is 2.72. The third-order valence-electron chi connectivity index (χ3n) is 3.91. The zero-order chi connectivity index (χ0) is 14.7. The van der Waals surface area contributed by atoms with Crippen LogP contribution in [0, 0.1) is 5.92 Å². The van der Waals surface area contributed by atoms with Gasteiger partial charge in [0.2, 0.25) is 5.91 Å². The Morgan fingerprint density at radius 3 is 2.90 bits per heavy atom. The molecular formula is C15H19N3O3. The van der Waals surface area contributed by atoms with Crippen molar-refractivity contribution in [3.8, 4) is 0 Å². The number of aromatic amines is 1. The normalized spacial score (nSPS) is 16.2. The van der Waals surface area contributed by atoms with Gasteiger partial charge in [0, 0.05) is 32.2 Å². The quantitative estimate of drug-likeness (QED) is 0.877. The molecule has 0 atom stereocenters. The minimum Gasteiger partial charge on any atom is -0.381 e. The van der Waals surface area contributed by atoms with Crippen molar-refractivity contribution in [3.63, 3.8) is 0 Å². The predicted molar refractivity (Wildman–Crippen MR) is 79.1 cm³/mol. The molecule has 0 bridgehead atoms. The molecule has 2 aromatic rings. The van der Waals surface area contributed by atoms with E-state index < -0.39 is 0 Å². The summed E-state index contributed by atoms with van der Waals surface area (Å²) < 4.78 is 6.90. The summed E-state index contributed by atoms with van der Waals surface area (Å²) in [5, 5.41) is 2.91. The molecule has 0 unspecified atom stereocenters. The van der Waals surface area contributed by atoms with Crippen LogP contribution >= 0.6 is 0 Å². The maximum absolute atomic E-state index is 12.0. The Hall–Kier alpha value is -2.08. The van der Waals surface area contributed by atoms with Crippen LogP contribution in [0.4, 0.5) is 0 Å². The molecule has 6 heteroatoms. The Morgan fingerprint density at radius 2 is 2.10 bits per heavy atom. The van der Waals surface area contributed by atoms with Crippen molar-refractivity contribution in [2.24, 2.45) is 5.92 Å². The first-order valence-corrected chi connectivity index (χ1v) is 7.29. The Bertz CT molecular complexity index is 683. The highest BCUT2D eigenvalue weighted by Crippen LogP contribution is 2.14. The van der Waals surface area contributed by atoms with Gasteiger partial charge >= 0.3 is 5.69 Å². The molecule has 112 valence electrons. The second kappa shape index (κ2) is 6.13. The first kappa shape index (κ1) is 13.9. The van der Waals surface area contributed by atoms with Gasteiger partial charge in [0.25, 0.3) is 0 Å². The molecule has 6 nitrogen and oxygen atoms in total. The number of fused-ring (bicyclic) bond motifs is 1. The van der Waals surface area contributed by atoms with Gasteiger partial charge in [-0.05, 0) is 25.0 Å². The lowest BCUT2D eigenvalue weighted by Crippen LogP contribution is -2.36. The van der Waals surface area contributed by atoms with E-state index >= 15 is 0 Å². The summed E-state index contributed by atoms with van der Waals surface area (Å²) in [5.74, 6) is 0.102. The highest BCUT2D eigenvalue weighted by molar-refractivity contribution is 5.78. The second-order valence-corrected chi connectivity index (χ2v) is 5.28. The maximum atomic E-state index is 12.0. The summed E-state index contributed by atoms with van der Waals surface area (Å²) in [5.41, 5.74) is 1.54. The van der Waals surface area contributed by atoms with Crippen molar-refractivity contribution in [1.29, 1.82) is 0 Å². The molecule has 1 aromatic carbocycles. The minimum atomic E-state index is -0.142. The lowest BCUT2D eigenvalue weighted by atomic mass is 9.99. The minimum absolute atomic E-state index is 0.0402. The van der Waals surface area contributed by atoms with Gasteiger partial charge in [-0.15, -0.1) is 0 Å². The van der Waals surface area contributed by atoms with Gasteiger partial charge in [-0.1, -0.05) is 12.1 Å². The Labute approximate surface area is 122 Å². The molecule has 21 heavy (non-hydrogen) atoms. The van der Waals surface area contributed by atoms with Gasteiger partial charge in [0.1, 0.15) is 0 Å². The average molecular weight is 289 g/mol. The van der Waals surface area contributed by atoms with E-state index in [4.69, 9.17) is 4.74 Å². The number of hydrogen-bond acceptors (Lipinski definition) is 3. The number of carbonyl (C=O) groups excluding carboxylic acids is 1. The van der Waals surface area contributed by atoms with Gasteiger partial charge in [0.15, 0.2) is 0 Å². The number of rotatable bonds is 4. The van der Waals surface area contributed by atoms with Crippen LogP contribution in [0.25, 0.3) is 11.0 Å². The molecule has 1 aliphatic heterocycles. The highest BCUT2D eigenvalue weighted by atomic mass is 16.5. The van der Waals surface area contributed by atoms with Crippen molar-refractivity contribution in [2.45, 2.75) is 19.4 Å². The van der Waals surface area contributed by atoms with Crippen LogP contribution in [0.15, 0.2) is 29.1 Å². The zero-order valence-electron chi connectivity index (χ0n) is 11.8. The molecule has 0 spiro atoms. The van der Waals surface area contributed by atoms with Crippen LogP contribution < -0.4 is 11.0 Å². The van der Waals surface area contributed by atoms with E-state index in [-0.39, 0.29) is 17.5 Å². The number of nitrogens with zero attached hydrogens (tertiary/aromatic N) is 1. The summed E-state index contributed by atoms with van der Waals surface area (Å²) in [6.45, 7) is 2.23. The first-order valence-electron chi connectivity index (χ1n) is 7.29. The molecule has 1 amide bonds. The van der Waals surface area contributed by atoms with Crippen molar-refractivity contribution < 1.29 is 9.53 Å². The van der Waals surface area contributed by atoms with E-state index in [2.05, 4.69) is 10.3 Å². The summed E-state index contributed by atoms with van der Waals surface area (Å²) in [6, 6.07) is 7.55. The van der Waals surface area contributed by atoms with E-state index in [1.54, 1.807) is 4.57 Å². The average Bonchev–Trinajstić information content (AvgIpc) is 2.84. The fourth-order valence-corrected chi connectivity index (χ4v) is 2.72. The number of benzene rings is 1. The Kier molecular flexibility index (Phi) is 4.06. The first-order chi connectivity index (χ1) is 10.3. The summed E-state index contributed by atoms with van der Waals surface area (Å²) in [7, 11) is 0. The largest absolute Gasteiger partial charge is 0.381 e. The van der Waals surface area contributed by atoms with Gasteiger partial charge in [-0.3, -0.25) is 9.36 Å². The Balaban J connectivity index is 1.60. The topological polar surface area (TPSA) is 76.1 Å². The molecular weight excluding hydrogens is 270 g/mol. The molecule has 1 aliphatic rings. The number of ether oxygens (including phenoxy) is 1. The van der Waals surface area contributed by atoms with Crippen molar-refractivity contribution in [2.75, 3.05) is 19.8 Å². The third kappa shape index (κ3) is 3.00. The molecule has 1 fully saturated rings. The van der Waals surface area contributed by atoms with Gasteiger partial charge in [-0.2, -0.15) is 0 Å². The van der Waals surface area contributed by atoms with Crippen LogP contribution in [0.2, 0.25) is 0 Å². The van der Waals surface area contributed by atoms with E-state index in [1.807, 2.05) is 24.3 Å². The number of aromatic nitrogens is 2. The maximum Gasteiger partial charge on any atom is 0.326 e.